The second-order valence-corrected chi connectivity index (χ2v) is 11.0. The molecule has 1 saturated heterocycles. The molecule has 1 N–H and O–H groups in total. The summed E-state index contributed by atoms with van der Waals surface area (Å²) in [5.74, 6) is 0.0113. The molecule has 1 amide bonds. The topological polar surface area (TPSA) is 66.5 Å². The number of sulfonamides is 1. The summed E-state index contributed by atoms with van der Waals surface area (Å²) < 4.78 is 28.4. The lowest BCUT2D eigenvalue weighted by molar-refractivity contribution is 0.0711. The molecule has 0 aliphatic carbocycles. The Kier molecular flexibility index (Phi) is 6.39. The van der Waals surface area contributed by atoms with Gasteiger partial charge in [0.05, 0.1) is 4.90 Å². The molecule has 30 heavy (non-hydrogen) atoms. The fraction of sp³-hybridized carbons (Fsp3) is 0.458. The average Bonchev–Trinajstić information content (AvgIpc) is 2.69. The monoisotopic (exact) mass is 428 g/mol. The number of benzene rings is 2. The summed E-state index contributed by atoms with van der Waals surface area (Å²) in [5, 5.41) is 0. The predicted octanol–water partition coefficient (Wildman–Crippen LogP) is 4.18. The van der Waals surface area contributed by atoms with Gasteiger partial charge in [-0.3, -0.25) is 4.79 Å². The summed E-state index contributed by atoms with van der Waals surface area (Å²) in [5.41, 5.74) is 4.03. The summed E-state index contributed by atoms with van der Waals surface area (Å²) >= 11 is 0. The fourth-order valence-electron chi connectivity index (χ4n) is 3.68. The van der Waals surface area contributed by atoms with E-state index in [1.165, 1.54) is 0 Å². The Morgan fingerprint density at radius 1 is 0.967 bits per heavy atom. The summed E-state index contributed by atoms with van der Waals surface area (Å²) in [6, 6.07) is 12.7. The van der Waals surface area contributed by atoms with Crippen molar-refractivity contribution in [3.63, 3.8) is 0 Å². The summed E-state index contributed by atoms with van der Waals surface area (Å²) in [6.45, 7) is 11.4. The quantitative estimate of drug-likeness (QED) is 0.794. The minimum absolute atomic E-state index is 0.0113. The molecule has 162 valence electrons. The molecule has 2 aromatic rings. The van der Waals surface area contributed by atoms with Gasteiger partial charge in [0.2, 0.25) is 10.0 Å². The summed E-state index contributed by atoms with van der Waals surface area (Å²) in [7, 11) is -3.58. The molecule has 1 aliphatic rings. The molecule has 0 aromatic heterocycles. The van der Waals surface area contributed by atoms with Gasteiger partial charge in [-0.1, -0.05) is 39.0 Å². The van der Waals surface area contributed by atoms with Crippen LogP contribution in [0.25, 0.3) is 0 Å². The molecule has 0 atom stereocenters. The molecule has 1 fully saturated rings. The Morgan fingerprint density at radius 2 is 1.57 bits per heavy atom. The van der Waals surface area contributed by atoms with Crippen LogP contribution in [0, 0.1) is 13.8 Å². The van der Waals surface area contributed by atoms with E-state index in [4.69, 9.17) is 0 Å². The van der Waals surface area contributed by atoms with Crippen LogP contribution in [0.15, 0.2) is 47.4 Å². The maximum atomic E-state index is 12.8. The van der Waals surface area contributed by atoms with Gasteiger partial charge in [0.15, 0.2) is 0 Å². The van der Waals surface area contributed by atoms with Crippen LogP contribution in [0.2, 0.25) is 0 Å². The number of nitrogens with zero attached hydrogens (tertiary/aromatic N) is 1. The van der Waals surface area contributed by atoms with Crippen molar-refractivity contribution >= 4 is 15.9 Å². The largest absolute Gasteiger partial charge is 0.339 e. The molecule has 0 radical (unpaired) electrons. The zero-order chi connectivity index (χ0) is 22.1. The third kappa shape index (κ3) is 5.10. The Balaban J connectivity index is 1.61. The number of carbonyl (C=O) groups excluding carboxylic acids is 1. The van der Waals surface area contributed by atoms with Crippen molar-refractivity contribution in [2.75, 3.05) is 13.1 Å². The third-order valence-corrected chi connectivity index (χ3v) is 7.42. The zero-order valence-electron chi connectivity index (χ0n) is 18.5. The van der Waals surface area contributed by atoms with Crippen LogP contribution in [-0.2, 0) is 15.4 Å². The lowest BCUT2D eigenvalue weighted by Gasteiger charge is -2.32. The number of piperidine rings is 1. The highest BCUT2D eigenvalue weighted by Crippen LogP contribution is 2.24. The third-order valence-electron chi connectivity index (χ3n) is 5.89. The van der Waals surface area contributed by atoms with E-state index in [0.29, 0.717) is 31.5 Å². The minimum atomic E-state index is -3.58. The molecule has 1 aliphatic heterocycles. The van der Waals surface area contributed by atoms with E-state index in [2.05, 4.69) is 25.5 Å². The van der Waals surface area contributed by atoms with E-state index in [1.54, 1.807) is 12.1 Å². The first kappa shape index (κ1) is 22.5. The highest BCUT2D eigenvalue weighted by atomic mass is 32.2. The normalized spacial score (nSPS) is 16.0. The first-order chi connectivity index (χ1) is 14.0. The molecule has 0 spiro atoms. The molecular formula is C24H32N2O3S. The minimum Gasteiger partial charge on any atom is -0.339 e. The predicted molar refractivity (Wildman–Crippen MR) is 120 cm³/mol. The number of amides is 1. The van der Waals surface area contributed by atoms with Crippen molar-refractivity contribution < 1.29 is 13.2 Å². The van der Waals surface area contributed by atoms with E-state index in [9.17, 15) is 13.2 Å². The van der Waals surface area contributed by atoms with E-state index in [-0.39, 0.29) is 22.3 Å². The first-order valence-corrected chi connectivity index (χ1v) is 11.9. The van der Waals surface area contributed by atoms with Crippen LogP contribution in [0.3, 0.4) is 0 Å². The second-order valence-electron chi connectivity index (χ2n) is 9.26. The lowest BCUT2D eigenvalue weighted by atomic mass is 9.87. The molecule has 2 aromatic carbocycles. The van der Waals surface area contributed by atoms with Crippen molar-refractivity contribution in [1.29, 1.82) is 0 Å². The number of hydrogen-bond donors (Lipinski definition) is 1. The van der Waals surface area contributed by atoms with Gasteiger partial charge in [-0.25, -0.2) is 13.1 Å². The van der Waals surface area contributed by atoms with Gasteiger partial charge in [0.1, 0.15) is 0 Å². The van der Waals surface area contributed by atoms with E-state index in [0.717, 1.165) is 16.7 Å². The lowest BCUT2D eigenvalue weighted by Crippen LogP contribution is -2.46. The van der Waals surface area contributed by atoms with Gasteiger partial charge in [0.25, 0.3) is 5.91 Å². The van der Waals surface area contributed by atoms with Crippen molar-refractivity contribution in [3.05, 3.63) is 64.7 Å². The van der Waals surface area contributed by atoms with Crippen molar-refractivity contribution in [2.45, 2.75) is 63.8 Å². The van der Waals surface area contributed by atoms with Crippen LogP contribution < -0.4 is 4.72 Å². The maximum absolute atomic E-state index is 12.8. The number of nitrogens with one attached hydrogen (secondary N) is 1. The Morgan fingerprint density at radius 3 is 2.10 bits per heavy atom. The second kappa shape index (κ2) is 8.52. The van der Waals surface area contributed by atoms with Gasteiger partial charge in [0, 0.05) is 24.7 Å². The van der Waals surface area contributed by atoms with Crippen LogP contribution in [0.5, 0.6) is 0 Å². The average molecular weight is 429 g/mol. The zero-order valence-corrected chi connectivity index (χ0v) is 19.3. The molecule has 1 heterocycles. The van der Waals surface area contributed by atoms with Gasteiger partial charge < -0.3 is 4.90 Å². The van der Waals surface area contributed by atoms with Crippen LogP contribution in [-0.4, -0.2) is 38.4 Å². The van der Waals surface area contributed by atoms with Crippen LogP contribution in [0.4, 0.5) is 0 Å². The standard InChI is InChI=1S/C24H32N2O3S/c1-17-6-7-19(16-18(17)2)23(27)26-14-12-21(13-15-26)25-30(28,29)22-10-8-20(9-11-22)24(3,4)5/h6-11,16,21,25H,12-15H2,1-5H3. The van der Waals surface area contributed by atoms with Gasteiger partial charge in [-0.05, 0) is 73.1 Å². The molecule has 5 nitrogen and oxygen atoms in total. The number of aryl methyl sites for hydroxylation is 2. The Bertz CT molecular complexity index is 1010. The SMILES string of the molecule is Cc1ccc(C(=O)N2CCC(NS(=O)(=O)c3ccc(C(C)(C)C)cc3)CC2)cc1C. The summed E-state index contributed by atoms with van der Waals surface area (Å²) in [4.78, 5) is 14.9. The molecule has 0 unspecified atom stereocenters. The molecule has 0 saturated carbocycles. The number of carbonyl (C=O) groups is 1. The van der Waals surface area contributed by atoms with Gasteiger partial charge >= 0.3 is 0 Å². The molecule has 0 bridgehead atoms. The van der Waals surface area contributed by atoms with Crippen molar-refractivity contribution in [3.8, 4) is 0 Å². The highest BCUT2D eigenvalue weighted by molar-refractivity contribution is 7.89. The van der Waals surface area contributed by atoms with E-state index in [1.807, 2.05) is 49.1 Å². The van der Waals surface area contributed by atoms with Crippen molar-refractivity contribution in [1.82, 2.24) is 9.62 Å². The molecular weight excluding hydrogens is 396 g/mol. The Labute approximate surface area is 180 Å². The Hall–Kier alpha value is -2.18. The van der Waals surface area contributed by atoms with E-state index >= 15 is 0 Å². The van der Waals surface area contributed by atoms with Crippen molar-refractivity contribution in [2.24, 2.45) is 0 Å². The molecule has 6 heteroatoms. The van der Waals surface area contributed by atoms with Crippen LogP contribution >= 0.6 is 0 Å². The first-order valence-electron chi connectivity index (χ1n) is 10.5. The van der Waals surface area contributed by atoms with Gasteiger partial charge in [-0.2, -0.15) is 0 Å². The fourth-order valence-corrected chi connectivity index (χ4v) is 4.98. The van der Waals surface area contributed by atoms with Gasteiger partial charge in [-0.15, -0.1) is 0 Å². The summed E-state index contributed by atoms with van der Waals surface area (Å²) in [6.07, 6.45) is 1.21. The smallest absolute Gasteiger partial charge is 0.253 e. The van der Waals surface area contributed by atoms with E-state index < -0.39 is 10.0 Å². The van der Waals surface area contributed by atoms with Crippen LogP contribution in [0.1, 0.15) is 60.7 Å². The highest BCUT2D eigenvalue weighted by Gasteiger charge is 2.27. The number of likely N-dealkylation sites (tertiary alicyclic amines) is 1. The number of rotatable bonds is 4. The molecule has 3 rings (SSSR count). The number of hydrogen-bond acceptors (Lipinski definition) is 3. The maximum Gasteiger partial charge on any atom is 0.253 e.